The highest BCUT2D eigenvalue weighted by atomic mass is 32.1. The summed E-state index contributed by atoms with van der Waals surface area (Å²) < 4.78 is 9.72. The number of carbonyl (C=O) groups excluding carboxylic acids is 1. The first-order valence-corrected chi connectivity index (χ1v) is 10.7. The van der Waals surface area contributed by atoms with Crippen LogP contribution < -0.4 is 10.1 Å². The molecule has 0 saturated heterocycles. The molecule has 0 spiro atoms. The van der Waals surface area contributed by atoms with E-state index in [1.54, 1.807) is 0 Å². The van der Waals surface area contributed by atoms with Gasteiger partial charge in [0.25, 0.3) is 0 Å². The fraction of sp³-hybridized carbons (Fsp3) is 0.160. The molecule has 0 fully saturated rings. The van der Waals surface area contributed by atoms with Gasteiger partial charge in [-0.1, -0.05) is 48.0 Å². The van der Waals surface area contributed by atoms with Crippen molar-refractivity contribution in [2.45, 2.75) is 27.0 Å². The molecule has 0 aliphatic heterocycles. The number of nitrogens with one attached hydrogen (secondary N) is 1. The summed E-state index contributed by atoms with van der Waals surface area (Å²) in [6, 6.07) is 25.2. The average Bonchev–Trinajstić information content (AvgIpc) is 3.08. The number of rotatable bonds is 7. The summed E-state index contributed by atoms with van der Waals surface area (Å²) in [5.41, 5.74) is 3.83. The minimum absolute atomic E-state index is 0.00394. The van der Waals surface area contributed by atoms with Crippen LogP contribution in [0.1, 0.15) is 17.0 Å². The molecule has 3 aromatic carbocycles. The number of nitrogens with zero attached hydrogens (tertiary/aromatic N) is 3. The molecule has 0 unspecified atom stereocenters. The highest BCUT2D eigenvalue weighted by Gasteiger charge is 2.16. The number of amides is 1. The Morgan fingerprint density at radius 2 is 1.72 bits per heavy atom. The molecule has 162 valence electrons. The zero-order chi connectivity index (χ0) is 22.5. The van der Waals surface area contributed by atoms with Crippen LogP contribution in [0.4, 0.5) is 5.69 Å². The predicted molar refractivity (Wildman–Crippen MR) is 128 cm³/mol. The highest BCUT2D eigenvalue weighted by Crippen LogP contribution is 2.17. The second-order valence-electron chi connectivity index (χ2n) is 7.55. The molecule has 0 atom stereocenters. The first-order chi connectivity index (χ1) is 15.5. The van der Waals surface area contributed by atoms with Crippen molar-refractivity contribution in [1.82, 2.24) is 14.3 Å². The van der Waals surface area contributed by atoms with Crippen LogP contribution in [0, 0.1) is 18.6 Å². The van der Waals surface area contributed by atoms with Crippen LogP contribution in [-0.2, 0) is 17.9 Å². The SMILES string of the molecule is Cc1ccc(-n2c(COc3ccccc3)nn(CC(=O)Nc3cccc(C)c3)c2=S)cc1. The van der Waals surface area contributed by atoms with Crippen molar-refractivity contribution >= 4 is 23.8 Å². The van der Waals surface area contributed by atoms with Gasteiger partial charge in [0.15, 0.2) is 5.82 Å². The molecular weight excluding hydrogens is 420 g/mol. The third-order valence-corrected chi connectivity index (χ3v) is 5.30. The van der Waals surface area contributed by atoms with Crippen molar-refractivity contribution < 1.29 is 9.53 Å². The third kappa shape index (κ3) is 5.12. The first kappa shape index (κ1) is 21.5. The Hall–Kier alpha value is -3.71. The van der Waals surface area contributed by atoms with Gasteiger partial charge in [0.05, 0.1) is 0 Å². The highest BCUT2D eigenvalue weighted by molar-refractivity contribution is 7.71. The summed E-state index contributed by atoms with van der Waals surface area (Å²) >= 11 is 5.69. The molecule has 1 heterocycles. The molecule has 32 heavy (non-hydrogen) atoms. The number of aromatic nitrogens is 3. The molecule has 0 aliphatic rings. The van der Waals surface area contributed by atoms with Crippen molar-refractivity contribution in [2.75, 3.05) is 5.32 Å². The van der Waals surface area contributed by atoms with Crippen LogP contribution in [-0.4, -0.2) is 20.3 Å². The number of benzene rings is 3. The zero-order valence-corrected chi connectivity index (χ0v) is 18.8. The van der Waals surface area contributed by atoms with E-state index >= 15 is 0 Å². The molecule has 1 amide bonds. The first-order valence-electron chi connectivity index (χ1n) is 10.3. The molecule has 0 aliphatic carbocycles. The van der Waals surface area contributed by atoms with E-state index in [9.17, 15) is 4.79 Å². The van der Waals surface area contributed by atoms with Crippen molar-refractivity contribution in [3.8, 4) is 11.4 Å². The Morgan fingerprint density at radius 1 is 0.969 bits per heavy atom. The monoisotopic (exact) mass is 444 g/mol. The van der Waals surface area contributed by atoms with Crippen LogP contribution in [0.2, 0.25) is 0 Å². The molecule has 0 saturated carbocycles. The van der Waals surface area contributed by atoms with Crippen molar-refractivity contribution in [3.05, 3.63) is 101 Å². The van der Waals surface area contributed by atoms with E-state index in [-0.39, 0.29) is 19.1 Å². The Balaban J connectivity index is 1.61. The van der Waals surface area contributed by atoms with E-state index in [1.807, 2.05) is 97.3 Å². The van der Waals surface area contributed by atoms with Gasteiger partial charge in [-0.2, -0.15) is 5.10 Å². The lowest BCUT2D eigenvalue weighted by atomic mass is 10.2. The second kappa shape index (κ2) is 9.62. The topological polar surface area (TPSA) is 61.1 Å². The van der Waals surface area contributed by atoms with Crippen LogP contribution in [0.25, 0.3) is 5.69 Å². The fourth-order valence-electron chi connectivity index (χ4n) is 3.33. The Labute approximate surface area is 192 Å². The summed E-state index contributed by atoms with van der Waals surface area (Å²) in [5, 5.41) is 7.52. The van der Waals surface area contributed by atoms with Gasteiger partial charge in [-0.25, -0.2) is 4.68 Å². The summed E-state index contributed by atoms with van der Waals surface area (Å²) in [6.45, 7) is 4.23. The van der Waals surface area contributed by atoms with E-state index < -0.39 is 0 Å². The summed E-state index contributed by atoms with van der Waals surface area (Å²) in [4.78, 5) is 12.7. The summed E-state index contributed by atoms with van der Waals surface area (Å²) in [5.74, 6) is 1.16. The van der Waals surface area contributed by atoms with Gasteiger partial charge in [-0.3, -0.25) is 9.36 Å². The number of ether oxygens (including phenoxy) is 1. The maximum Gasteiger partial charge on any atom is 0.246 e. The Bertz CT molecular complexity index is 1280. The van der Waals surface area contributed by atoms with Gasteiger partial charge in [0.1, 0.15) is 18.9 Å². The molecule has 4 aromatic rings. The molecule has 6 nitrogen and oxygen atoms in total. The van der Waals surface area contributed by atoms with Gasteiger partial charge in [-0.15, -0.1) is 0 Å². The molecular formula is C25H24N4O2S. The Kier molecular flexibility index (Phi) is 6.47. The van der Waals surface area contributed by atoms with Gasteiger partial charge in [-0.05, 0) is 68.0 Å². The van der Waals surface area contributed by atoms with Gasteiger partial charge in [0.2, 0.25) is 10.7 Å². The lowest BCUT2D eigenvalue weighted by molar-refractivity contribution is -0.116. The predicted octanol–water partition coefficient (Wildman–Crippen LogP) is 5.24. The molecule has 4 rings (SSSR count). The zero-order valence-electron chi connectivity index (χ0n) is 18.0. The minimum Gasteiger partial charge on any atom is -0.486 e. The van der Waals surface area contributed by atoms with Crippen LogP contribution >= 0.6 is 12.2 Å². The fourth-order valence-corrected chi connectivity index (χ4v) is 3.64. The second-order valence-corrected chi connectivity index (χ2v) is 7.91. The number of anilines is 1. The maximum atomic E-state index is 12.7. The number of para-hydroxylation sites is 1. The van der Waals surface area contributed by atoms with Gasteiger partial charge < -0.3 is 10.1 Å². The van der Waals surface area contributed by atoms with Crippen molar-refractivity contribution in [1.29, 1.82) is 0 Å². The Morgan fingerprint density at radius 3 is 2.44 bits per heavy atom. The van der Waals surface area contributed by atoms with E-state index in [0.29, 0.717) is 10.6 Å². The summed E-state index contributed by atoms with van der Waals surface area (Å²) in [7, 11) is 0. The maximum absolute atomic E-state index is 12.7. The van der Waals surface area contributed by atoms with Crippen LogP contribution in [0.15, 0.2) is 78.9 Å². The van der Waals surface area contributed by atoms with E-state index in [1.165, 1.54) is 4.68 Å². The number of hydrogen-bond donors (Lipinski definition) is 1. The quantitative estimate of drug-likeness (QED) is 0.396. The molecule has 7 heteroatoms. The third-order valence-electron chi connectivity index (χ3n) is 4.90. The lowest BCUT2D eigenvalue weighted by Gasteiger charge is -2.09. The van der Waals surface area contributed by atoms with E-state index in [2.05, 4.69) is 10.4 Å². The molecule has 1 N–H and O–H groups in total. The normalized spacial score (nSPS) is 10.7. The standard InChI is InChI=1S/C25H24N4O2S/c1-18-11-13-21(14-12-18)29-23(17-31-22-9-4-3-5-10-22)27-28(25(29)32)16-24(30)26-20-8-6-7-19(2)15-20/h3-15H,16-17H2,1-2H3,(H,26,30). The van der Waals surface area contributed by atoms with Crippen molar-refractivity contribution in [2.24, 2.45) is 0 Å². The smallest absolute Gasteiger partial charge is 0.246 e. The van der Waals surface area contributed by atoms with Gasteiger partial charge in [0, 0.05) is 11.4 Å². The van der Waals surface area contributed by atoms with E-state index in [0.717, 1.165) is 28.3 Å². The molecule has 0 bridgehead atoms. The van der Waals surface area contributed by atoms with Gasteiger partial charge >= 0.3 is 0 Å². The average molecular weight is 445 g/mol. The summed E-state index contributed by atoms with van der Waals surface area (Å²) in [6.07, 6.45) is 0. The lowest BCUT2D eigenvalue weighted by Crippen LogP contribution is -2.20. The van der Waals surface area contributed by atoms with Crippen LogP contribution in [0.3, 0.4) is 0 Å². The largest absolute Gasteiger partial charge is 0.486 e. The van der Waals surface area contributed by atoms with Crippen LogP contribution in [0.5, 0.6) is 5.75 Å². The minimum atomic E-state index is -0.198. The number of hydrogen-bond acceptors (Lipinski definition) is 4. The van der Waals surface area contributed by atoms with E-state index in [4.69, 9.17) is 17.0 Å². The number of carbonyl (C=O) groups is 1. The molecule has 0 radical (unpaired) electrons. The van der Waals surface area contributed by atoms with Crippen molar-refractivity contribution in [3.63, 3.8) is 0 Å². The number of aryl methyl sites for hydroxylation is 2. The molecule has 1 aromatic heterocycles.